The summed E-state index contributed by atoms with van der Waals surface area (Å²) in [6.07, 6.45) is 0.687. The molecule has 0 bridgehead atoms. The van der Waals surface area contributed by atoms with Crippen molar-refractivity contribution in [2.45, 2.75) is 59.3 Å². The maximum Gasteiger partial charge on any atom is 0.350 e. The van der Waals surface area contributed by atoms with Gasteiger partial charge in [-0.15, -0.1) is 0 Å². The maximum absolute atomic E-state index is 12.3. The Kier molecular flexibility index (Phi) is 6.75. The van der Waals surface area contributed by atoms with Crippen LogP contribution in [0.5, 0.6) is 0 Å². The van der Waals surface area contributed by atoms with Gasteiger partial charge in [-0.3, -0.25) is 14.4 Å². The minimum Gasteiger partial charge on any atom is -0.274 e. The van der Waals surface area contributed by atoms with Gasteiger partial charge in [0.2, 0.25) is 17.7 Å². The van der Waals surface area contributed by atoms with Crippen LogP contribution < -0.4 is 17.1 Å². The van der Waals surface area contributed by atoms with Gasteiger partial charge in [-0.25, -0.2) is 14.4 Å². The van der Waals surface area contributed by atoms with E-state index in [1.165, 1.54) is 0 Å². The Morgan fingerprint density at radius 1 is 0.583 bits per heavy atom. The molecule has 0 fully saturated rings. The zero-order valence-electron chi connectivity index (χ0n) is 14.0. The first kappa shape index (κ1) is 19.5. The second-order valence-corrected chi connectivity index (χ2v) is 5.29. The van der Waals surface area contributed by atoms with E-state index < -0.39 is 34.8 Å². The molecule has 9 nitrogen and oxygen atoms in total. The molecule has 0 N–H and O–H groups in total. The summed E-state index contributed by atoms with van der Waals surface area (Å²) >= 11 is 0. The Bertz CT molecular complexity index is 687. The van der Waals surface area contributed by atoms with E-state index in [4.69, 9.17) is 0 Å². The van der Waals surface area contributed by atoms with Crippen LogP contribution in [0.2, 0.25) is 0 Å². The van der Waals surface area contributed by atoms with Gasteiger partial charge in [0.05, 0.1) is 0 Å². The predicted octanol–water partition coefficient (Wildman–Crippen LogP) is 0.493. The van der Waals surface area contributed by atoms with Crippen LogP contribution in [0, 0.1) is 0 Å². The number of carbonyl (C=O) groups excluding carboxylic acids is 3. The lowest BCUT2D eigenvalue weighted by Gasteiger charge is -2.11. The molecule has 1 rings (SSSR count). The molecule has 132 valence electrons. The van der Waals surface area contributed by atoms with E-state index in [1.807, 2.05) is 0 Å². The predicted molar refractivity (Wildman–Crippen MR) is 85.8 cm³/mol. The molecular weight excluding hydrogens is 318 g/mol. The van der Waals surface area contributed by atoms with Crippen molar-refractivity contribution < 1.29 is 14.4 Å². The first-order valence-electron chi connectivity index (χ1n) is 7.92. The summed E-state index contributed by atoms with van der Waals surface area (Å²) in [6.45, 7) is 5.01. The van der Waals surface area contributed by atoms with Crippen molar-refractivity contribution in [3.05, 3.63) is 31.5 Å². The van der Waals surface area contributed by atoms with Crippen LogP contribution in [0.4, 0.5) is 0 Å². The number of rotatable bonds is 6. The third-order valence-electron chi connectivity index (χ3n) is 3.29. The molecule has 0 saturated carbocycles. The zero-order chi connectivity index (χ0) is 18.4. The highest BCUT2D eigenvalue weighted by molar-refractivity contribution is 5.83. The Balaban J connectivity index is 3.85. The summed E-state index contributed by atoms with van der Waals surface area (Å²) in [5.41, 5.74) is -3.95. The van der Waals surface area contributed by atoms with Gasteiger partial charge in [0, 0.05) is 19.3 Å². The highest BCUT2D eigenvalue weighted by atomic mass is 16.2. The summed E-state index contributed by atoms with van der Waals surface area (Å²) in [4.78, 5) is 73.2. The van der Waals surface area contributed by atoms with Gasteiger partial charge in [0.25, 0.3) is 0 Å². The number of nitrogens with zero attached hydrogens (tertiary/aromatic N) is 3. The van der Waals surface area contributed by atoms with E-state index in [0.29, 0.717) is 19.3 Å². The molecule has 1 heterocycles. The molecule has 0 aliphatic heterocycles. The number of carbonyl (C=O) groups is 3. The monoisotopic (exact) mass is 339 g/mol. The fourth-order valence-corrected chi connectivity index (χ4v) is 2.16. The first-order chi connectivity index (χ1) is 11.3. The van der Waals surface area contributed by atoms with Crippen LogP contribution in [0.1, 0.15) is 73.7 Å². The van der Waals surface area contributed by atoms with E-state index in [2.05, 4.69) is 0 Å². The number of hydrogen-bond donors (Lipinski definition) is 0. The van der Waals surface area contributed by atoms with Crippen LogP contribution >= 0.6 is 0 Å². The Morgan fingerprint density at radius 3 is 0.958 bits per heavy atom. The molecular formula is C15H21N3O6. The molecule has 1 aromatic rings. The molecule has 0 saturated heterocycles. The second-order valence-electron chi connectivity index (χ2n) is 5.29. The van der Waals surface area contributed by atoms with E-state index in [0.717, 1.165) is 0 Å². The normalized spacial score (nSPS) is 10.6. The van der Waals surface area contributed by atoms with Crippen LogP contribution in [0.25, 0.3) is 0 Å². The van der Waals surface area contributed by atoms with Crippen molar-refractivity contribution in [2.75, 3.05) is 0 Å². The summed E-state index contributed by atoms with van der Waals surface area (Å²) in [7, 11) is 0. The van der Waals surface area contributed by atoms with Crippen LogP contribution in [-0.4, -0.2) is 31.4 Å². The molecule has 24 heavy (non-hydrogen) atoms. The van der Waals surface area contributed by atoms with Crippen molar-refractivity contribution in [3.8, 4) is 0 Å². The van der Waals surface area contributed by atoms with Gasteiger partial charge in [0.1, 0.15) is 0 Å². The molecule has 0 spiro atoms. The SMILES string of the molecule is CCCC(=O)n1c(=O)n(C(=O)CCC)c(=O)n(C(=O)CCC)c1=O. The summed E-state index contributed by atoms with van der Waals surface area (Å²) in [5, 5.41) is 0. The number of hydrogen-bond acceptors (Lipinski definition) is 6. The summed E-state index contributed by atoms with van der Waals surface area (Å²) in [5.74, 6) is -2.57. The number of aromatic nitrogens is 3. The minimum absolute atomic E-state index is 0.128. The largest absolute Gasteiger partial charge is 0.350 e. The van der Waals surface area contributed by atoms with Crippen LogP contribution in [0.3, 0.4) is 0 Å². The van der Waals surface area contributed by atoms with Crippen molar-refractivity contribution >= 4 is 17.7 Å². The Hall–Kier alpha value is -2.58. The highest BCUT2D eigenvalue weighted by Crippen LogP contribution is 1.94. The van der Waals surface area contributed by atoms with Crippen molar-refractivity contribution in [3.63, 3.8) is 0 Å². The van der Waals surface area contributed by atoms with Crippen LogP contribution in [-0.2, 0) is 0 Å². The second kappa shape index (κ2) is 8.32. The van der Waals surface area contributed by atoms with Crippen molar-refractivity contribution in [1.82, 2.24) is 13.7 Å². The fraction of sp³-hybridized carbons (Fsp3) is 0.600. The lowest BCUT2D eigenvalue weighted by molar-refractivity contribution is 0.0836. The molecule has 0 aromatic carbocycles. The lowest BCUT2D eigenvalue weighted by atomic mass is 10.3. The van der Waals surface area contributed by atoms with E-state index in [1.54, 1.807) is 20.8 Å². The first-order valence-corrected chi connectivity index (χ1v) is 7.92. The standard InChI is InChI=1S/C15H21N3O6/c1-4-7-10(19)16-13(22)17(11(20)8-5-2)15(24)18(14(16)23)12(21)9-6-3/h4-9H2,1-3H3. The van der Waals surface area contributed by atoms with E-state index in [9.17, 15) is 28.8 Å². The third kappa shape index (κ3) is 3.66. The summed E-state index contributed by atoms with van der Waals surface area (Å²) < 4.78 is 0.601. The summed E-state index contributed by atoms with van der Waals surface area (Å²) in [6, 6.07) is 0. The van der Waals surface area contributed by atoms with Gasteiger partial charge in [-0.05, 0) is 19.3 Å². The maximum atomic E-state index is 12.3. The van der Waals surface area contributed by atoms with Crippen LogP contribution in [0.15, 0.2) is 14.4 Å². The zero-order valence-corrected chi connectivity index (χ0v) is 14.0. The molecule has 0 amide bonds. The molecule has 0 radical (unpaired) electrons. The highest BCUT2D eigenvalue weighted by Gasteiger charge is 2.25. The van der Waals surface area contributed by atoms with Gasteiger partial charge < -0.3 is 0 Å². The quantitative estimate of drug-likeness (QED) is 0.744. The van der Waals surface area contributed by atoms with Gasteiger partial charge >= 0.3 is 17.1 Å². The molecule has 0 atom stereocenters. The van der Waals surface area contributed by atoms with Crippen molar-refractivity contribution in [1.29, 1.82) is 0 Å². The fourth-order valence-electron chi connectivity index (χ4n) is 2.16. The molecule has 1 aromatic heterocycles. The van der Waals surface area contributed by atoms with Crippen molar-refractivity contribution in [2.24, 2.45) is 0 Å². The Morgan fingerprint density at radius 2 is 0.792 bits per heavy atom. The van der Waals surface area contributed by atoms with Gasteiger partial charge in [-0.1, -0.05) is 20.8 Å². The molecule has 0 unspecified atom stereocenters. The minimum atomic E-state index is -1.32. The van der Waals surface area contributed by atoms with E-state index >= 15 is 0 Å². The Labute approximate surface area is 137 Å². The average molecular weight is 339 g/mol. The lowest BCUT2D eigenvalue weighted by Crippen LogP contribution is -2.59. The van der Waals surface area contributed by atoms with Gasteiger partial charge in [-0.2, -0.15) is 13.7 Å². The molecule has 0 aliphatic carbocycles. The third-order valence-corrected chi connectivity index (χ3v) is 3.29. The topological polar surface area (TPSA) is 117 Å². The molecule has 0 aliphatic rings. The average Bonchev–Trinajstić information content (AvgIpc) is 2.47. The van der Waals surface area contributed by atoms with Gasteiger partial charge in [0.15, 0.2) is 0 Å². The van der Waals surface area contributed by atoms with E-state index in [-0.39, 0.29) is 33.0 Å². The smallest absolute Gasteiger partial charge is 0.274 e. The molecule has 9 heteroatoms.